The second kappa shape index (κ2) is 6.15. The minimum Gasteiger partial charge on any atom is -0.352 e. The first-order chi connectivity index (χ1) is 8.78. The maximum Gasteiger partial charge on any atom is 0.223 e. The SMILES string of the molecule is CN=C(NCc1ccsc1)NCc1noc(C)n1. The summed E-state index contributed by atoms with van der Waals surface area (Å²) in [5.41, 5.74) is 1.23. The normalized spacial score (nSPS) is 11.6. The van der Waals surface area contributed by atoms with Gasteiger partial charge in [0, 0.05) is 20.5 Å². The lowest BCUT2D eigenvalue weighted by atomic mass is 10.3. The largest absolute Gasteiger partial charge is 0.352 e. The summed E-state index contributed by atoms with van der Waals surface area (Å²) in [6.07, 6.45) is 0. The summed E-state index contributed by atoms with van der Waals surface area (Å²) in [7, 11) is 1.73. The molecule has 0 fully saturated rings. The van der Waals surface area contributed by atoms with Crippen LogP contribution in [0.15, 0.2) is 26.3 Å². The predicted molar refractivity (Wildman–Crippen MR) is 70.4 cm³/mol. The van der Waals surface area contributed by atoms with Gasteiger partial charge in [0.05, 0.1) is 6.54 Å². The lowest BCUT2D eigenvalue weighted by molar-refractivity contribution is 0.387. The van der Waals surface area contributed by atoms with Crippen LogP contribution in [0.2, 0.25) is 0 Å². The first-order valence-corrected chi connectivity index (χ1v) is 6.47. The van der Waals surface area contributed by atoms with Crippen LogP contribution in [-0.2, 0) is 13.1 Å². The van der Waals surface area contributed by atoms with Crippen molar-refractivity contribution in [2.45, 2.75) is 20.0 Å². The maximum absolute atomic E-state index is 4.89. The molecular formula is C11H15N5OS. The molecule has 6 nitrogen and oxygen atoms in total. The number of thiophene rings is 1. The van der Waals surface area contributed by atoms with Crippen LogP contribution in [0.25, 0.3) is 0 Å². The Bertz CT molecular complexity index is 505. The van der Waals surface area contributed by atoms with Gasteiger partial charge in [-0.05, 0) is 22.4 Å². The molecule has 0 unspecified atom stereocenters. The molecule has 7 heteroatoms. The van der Waals surface area contributed by atoms with Gasteiger partial charge in [-0.2, -0.15) is 16.3 Å². The molecule has 18 heavy (non-hydrogen) atoms. The molecule has 0 saturated heterocycles. The van der Waals surface area contributed by atoms with Gasteiger partial charge in [-0.15, -0.1) is 0 Å². The number of nitrogens with one attached hydrogen (secondary N) is 2. The quantitative estimate of drug-likeness (QED) is 0.644. The van der Waals surface area contributed by atoms with E-state index in [1.165, 1.54) is 5.56 Å². The third-order valence-corrected chi connectivity index (χ3v) is 2.98. The lowest BCUT2D eigenvalue weighted by Crippen LogP contribution is -2.36. The van der Waals surface area contributed by atoms with Crippen LogP contribution in [-0.4, -0.2) is 23.1 Å². The minimum absolute atomic E-state index is 0.487. The first kappa shape index (κ1) is 12.6. The Balaban J connectivity index is 1.79. The summed E-state index contributed by atoms with van der Waals surface area (Å²) >= 11 is 1.68. The highest BCUT2D eigenvalue weighted by Crippen LogP contribution is 2.04. The number of aromatic nitrogens is 2. The number of guanidine groups is 1. The van der Waals surface area contributed by atoms with Crippen LogP contribution in [0, 0.1) is 6.92 Å². The third-order valence-electron chi connectivity index (χ3n) is 2.25. The molecule has 0 spiro atoms. The van der Waals surface area contributed by atoms with Crippen LogP contribution in [0.3, 0.4) is 0 Å². The lowest BCUT2D eigenvalue weighted by Gasteiger charge is -2.09. The van der Waals surface area contributed by atoms with E-state index in [2.05, 4.69) is 42.6 Å². The van der Waals surface area contributed by atoms with Crippen molar-refractivity contribution in [1.29, 1.82) is 0 Å². The van der Waals surface area contributed by atoms with Gasteiger partial charge in [-0.25, -0.2) is 0 Å². The van der Waals surface area contributed by atoms with Gasteiger partial charge >= 0.3 is 0 Å². The fourth-order valence-electron chi connectivity index (χ4n) is 1.38. The molecule has 2 aromatic rings. The molecule has 0 aliphatic heterocycles. The van der Waals surface area contributed by atoms with E-state index in [-0.39, 0.29) is 0 Å². The van der Waals surface area contributed by atoms with E-state index >= 15 is 0 Å². The minimum atomic E-state index is 0.487. The summed E-state index contributed by atoms with van der Waals surface area (Å²) in [5.74, 6) is 1.89. The van der Waals surface area contributed by atoms with E-state index in [1.807, 2.05) is 0 Å². The number of nitrogens with zero attached hydrogens (tertiary/aromatic N) is 3. The molecule has 0 atom stereocenters. The van der Waals surface area contributed by atoms with E-state index in [0.717, 1.165) is 6.54 Å². The molecule has 0 amide bonds. The van der Waals surface area contributed by atoms with Crippen molar-refractivity contribution in [3.8, 4) is 0 Å². The third kappa shape index (κ3) is 3.56. The van der Waals surface area contributed by atoms with Crippen molar-refractivity contribution in [3.63, 3.8) is 0 Å². The molecular weight excluding hydrogens is 250 g/mol. The van der Waals surface area contributed by atoms with Gasteiger partial charge in [-0.1, -0.05) is 5.16 Å². The Kier molecular flexibility index (Phi) is 4.30. The van der Waals surface area contributed by atoms with Crippen molar-refractivity contribution in [2.75, 3.05) is 7.05 Å². The topological polar surface area (TPSA) is 75.3 Å². The smallest absolute Gasteiger partial charge is 0.223 e. The van der Waals surface area contributed by atoms with E-state index < -0.39 is 0 Å². The molecule has 0 radical (unpaired) electrons. The second-order valence-electron chi connectivity index (χ2n) is 3.64. The number of hydrogen-bond donors (Lipinski definition) is 2. The molecule has 0 saturated carbocycles. The number of aliphatic imine (C=N–C) groups is 1. The summed E-state index contributed by atoms with van der Waals surface area (Å²) in [6.45, 7) is 3.00. The van der Waals surface area contributed by atoms with Crippen LogP contribution in [0.1, 0.15) is 17.3 Å². The Hall–Kier alpha value is -1.89. The standard InChI is InChI=1S/C11H15N5OS/c1-8-15-10(16-17-8)6-14-11(12-2)13-5-9-3-4-18-7-9/h3-4,7H,5-6H2,1-2H3,(H2,12,13,14). The monoisotopic (exact) mass is 265 g/mol. The highest BCUT2D eigenvalue weighted by atomic mass is 32.1. The predicted octanol–water partition coefficient (Wildman–Crippen LogP) is 1.30. The fraction of sp³-hybridized carbons (Fsp3) is 0.364. The summed E-state index contributed by atoms with van der Waals surface area (Å²) in [5, 5.41) is 14.3. The molecule has 96 valence electrons. The highest BCUT2D eigenvalue weighted by molar-refractivity contribution is 7.07. The molecule has 2 N–H and O–H groups in total. The highest BCUT2D eigenvalue weighted by Gasteiger charge is 2.03. The van der Waals surface area contributed by atoms with Crippen molar-refractivity contribution < 1.29 is 4.52 Å². The van der Waals surface area contributed by atoms with E-state index in [4.69, 9.17) is 4.52 Å². The van der Waals surface area contributed by atoms with Gasteiger partial charge < -0.3 is 15.2 Å². The van der Waals surface area contributed by atoms with Crippen molar-refractivity contribution in [3.05, 3.63) is 34.1 Å². The molecule has 0 aromatic carbocycles. The van der Waals surface area contributed by atoms with Crippen molar-refractivity contribution >= 4 is 17.3 Å². The Morgan fingerprint density at radius 2 is 2.28 bits per heavy atom. The van der Waals surface area contributed by atoms with Crippen molar-refractivity contribution in [2.24, 2.45) is 4.99 Å². The number of aryl methyl sites for hydroxylation is 1. The van der Waals surface area contributed by atoms with Gasteiger partial charge in [-0.3, -0.25) is 4.99 Å². The Labute approximate surface area is 109 Å². The fourth-order valence-corrected chi connectivity index (χ4v) is 2.04. The van der Waals surface area contributed by atoms with E-state index in [0.29, 0.717) is 24.2 Å². The van der Waals surface area contributed by atoms with Gasteiger partial charge in [0.2, 0.25) is 5.89 Å². The molecule has 0 aliphatic rings. The number of hydrogen-bond acceptors (Lipinski definition) is 5. The molecule has 2 rings (SSSR count). The maximum atomic E-state index is 4.89. The molecule has 2 aromatic heterocycles. The molecule has 0 aliphatic carbocycles. The average Bonchev–Trinajstić information content (AvgIpc) is 3.01. The number of rotatable bonds is 4. The van der Waals surface area contributed by atoms with E-state index in [9.17, 15) is 0 Å². The second-order valence-corrected chi connectivity index (χ2v) is 4.42. The zero-order chi connectivity index (χ0) is 12.8. The Morgan fingerprint density at radius 3 is 2.89 bits per heavy atom. The average molecular weight is 265 g/mol. The van der Waals surface area contributed by atoms with Crippen LogP contribution >= 0.6 is 11.3 Å². The zero-order valence-corrected chi connectivity index (χ0v) is 11.1. The van der Waals surface area contributed by atoms with Gasteiger partial charge in [0.1, 0.15) is 0 Å². The molecule has 0 bridgehead atoms. The summed E-state index contributed by atoms with van der Waals surface area (Å²) in [4.78, 5) is 8.23. The van der Waals surface area contributed by atoms with E-state index in [1.54, 1.807) is 25.3 Å². The first-order valence-electron chi connectivity index (χ1n) is 5.52. The van der Waals surface area contributed by atoms with Crippen LogP contribution in [0.4, 0.5) is 0 Å². The van der Waals surface area contributed by atoms with Gasteiger partial charge in [0.25, 0.3) is 0 Å². The molecule has 2 heterocycles. The van der Waals surface area contributed by atoms with Crippen molar-refractivity contribution in [1.82, 2.24) is 20.8 Å². The summed E-state index contributed by atoms with van der Waals surface area (Å²) in [6, 6.07) is 2.08. The van der Waals surface area contributed by atoms with Gasteiger partial charge in [0.15, 0.2) is 11.8 Å². The summed E-state index contributed by atoms with van der Waals surface area (Å²) < 4.78 is 4.89. The van der Waals surface area contributed by atoms with Crippen LogP contribution in [0.5, 0.6) is 0 Å². The zero-order valence-electron chi connectivity index (χ0n) is 10.3. The Morgan fingerprint density at radius 1 is 1.44 bits per heavy atom. The van der Waals surface area contributed by atoms with Crippen LogP contribution < -0.4 is 10.6 Å².